The standard InChI is InChI=1S/C25H22N2O5/c28-11-12-32-21-14-18(13-20(27-31)25(21)30)19-15-22(29)26-24(17-9-5-2-6-10-17)23(19)16-7-3-1-4-8-16/h1-10,13-14,19,28,30H,11-12,15H2,(H,26,29). The summed E-state index contributed by atoms with van der Waals surface area (Å²) in [7, 11) is 0. The fourth-order valence-corrected chi connectivity index (χ4v) is 3.95. The highest BCUT2D eigenvalue weighted by Crippen LogP contribution is 2.46. The number of hydrogen-bond donors (Lipinski definition) is 3. The van der Waals surface area contributed by atoms with Crippen molar-refractivity contribution < 1.29 is 19.7 Å². The summed E-state index contributed by atoms with van der Waals surface area (Å²) in [5, 5.41) is 25.3. The van der Waals surface area contributed by atoms with Crippen LogP contribution in [0.4, 0.5) is 5.69 Å². The molecular formula is C25H22N2O5. The summed E-state index contributed by atoms with van der Waals surface area (Å²) in [5.74, 6) is -0.948. The molecule has 32 heavy (non-hydrogen) atoms. The van der Waals surface area contributed by atoms with Crippen molar-refractivity contribution in [3.63, 3.8) is 0 Å². The van der Waals surface area contributed by atoms with Gasteiger partial charge < -0.3 is 20.3 Å². The van der Waals surface area contributed by atoms with Gasteiger partial charge in [0.25, 0.3) is 0 Å². The number of nitroso groups, excluding NO2 is 1. The van der Waals surface area contributed by atoms with Crippen LogP contribution in [0, 0.1) is 4.91 Å². The van der Waals surface area contributed by atoms with Crippen LogP contribution in [0.15, 0.2) is 78.0 Å². The Morgan fingerprint density at radius 2 is 1.66 bits per heavy atom. The molecule has 7 heteroatoms. The fourth-order valence-electron chi connectivity index (χ4n) is 3.95. The molecule has 1 aliphatic rings. The van der Waals surface area contributed by atoms with Crippen molar-refractivity contribution >= 4 is 22.9 Å². The van der Waals surface area contributed by atoms with E-state index in [-0.39, 0.29) is 37.0 Å². The molecular weight excluding hydrogens is 408 g/mol. The molecule has 3 aromatic rings. The van der Waals surface area contributed by atoms with Crippen LogP contribution in [-0.4, -0.2) is 29.3 Å². The van der Waals surface area contributed by atoms with E-state index in [2.05, 4.69) is 10.5 Å². The number of aromatic hydroxyl groups is 1. The number of aliphatic hydroxyl groups excluding tert-OH is 1. The second-order valence-electron chi connectivity index (χ2n) is 7.38. The topological polar surface area (TPSA) is 108 Å². The van der Waals surface area contributed by atoms with Gasteiger partial charge in [-0.1, -0.05) is 60.7 Å². The zero-order chi connectivity index (χ0) is 22.5. The number of allylic oxidation sites excluding steroid dienone is 1. The molecule has 3 aromatic carbocycles. The number of ether oxygens (including phenoxy) is 1. The van der Waals surface area contributed by atoms with Crippen molar-refractivity contribution in [2.75, 3.05) is 13.2 Å². The number of phenolic OH excluding ortho intramolecular Hbond substituents is 1. The van der Waals surface area contributed by atoms with Gasteiger partial charge in [0.1, 0.15) is 6.61 Å². The molecule has 1 unspecified atom stereocenters. The van der Waals surface area contributed by atoms with E-state index in [0.717, 1.165) is 16.7 Å². The van der Waals surface area contributed by atoms with Crippen molar-refractivity contribution in [1.82, 2.24) is 5.32 Å². The molecule has 0 saturated heterocycles. The maximum Gasteiger partial charge on any atom is 0.225 e. The van der Waals surface area contributed by atoms with Crippen LogP contribution < -0.4 is 10.1 Å². The van der Waals surface area contributed by atoms with Crippen LogP contribution in [0.3, 0.4) is 0 Å². The van der Waals surface area contributed by atoms with Gasteiger partial charge in [0.2, 0.25) is 5.91 Å². The fraction of sp³-hybridized carbons (Fsp3) is 0.160. The minimum atomic E-state index is -0.418. The van der Waals surface area contributed by atoms with E-state index < -0.39 is 11.7 Å². The monoisotopic (exact) mass is 430 g/mol. The smallest absolute Gasteiger partial charge is 0.225 e. The van der Waals surface area contributed by atoms with E-state index in [1.54, 1.807) is 6.07 Å². The lowest BCUT2D eigenvalue weighted by Gasteiger charge is -2.30. The zero-order valence-electron chi connectivity index (χ0n) is 17.2. The minimum Gasteiger partial charge on any atom is -0.503 e. The van der Waals surface area contributed by atoms with Crippen molar-refractivity contribution in [3.8, 4) is 11.5 Å². The summed E-state index contributed by atoms with van der Waals surface area (Å²) in [6.45, 7) is -0.316. The van der Waals surface area contributed by atoms with Gasteiger partial charge in [-0.05, 0) is 39.6 Å². The summed E-state index contributed by atoms with van der Waals surface area (Å²) in [6.07, 6.45) is 0.142. The molecule has 0 radical (unpaired) electrons. The van der Waals surface area contributed by atoms with Crippen LogP contribution in [0.5, 0.6) is 11.5 Å². The van der Waals surface area contributed by atoms with E-state index in [1.807, 2.05) is 60.7 Å². The molecule has 0 fully saturated rings. The Labute approximate surface area is 185 Å². The first-order valence-electron chi connectivity index (χ1n) is 10.2. The normalized spacial score (nSPS) is 15.9. The third kappa shape index (κ3) is 4.24. The van der Waals surface area contributed by atoms with Crippen LogP contribution in [-0.2, 0) is 4.79 Å². The number of nitrogens with zero attached hydrogens (tertiary/aromatic N) is 1. The first-order valence-corrected chi connectivity index (χ1v) is 10.2. The summed E-state index contributed by atoms with van der Waals surface area (Å²) in [6, 6.07) is 22.3. The van der Waals surface area contributed by atoms with Gasteiger partial charge in [-0.25, -0.2) is 0 Å². The number of hydrogen-bond acceptors (Lipinski definition) is 6. The molecule has 0 saturated carbocycles. The highest BCUT2D eigenvalue weighted by Gasteiger charge is 2.32. The quantitative estimate of drug-likeness (QED) is 0.484. The molecule has 0 aromatic heterocycles. The zero-order valence-corrected chi connectivity index (χ0v) is 17.2. The molecule has 0 spiro atoms. The van der Waals surface area contributed by atoms with E-state index in [0.29, 0.717) is 11.3 Å². The number of aliphatic hydroxyl groups is 1. The Hall–Kier alpha value is -3.97. The number of carbonyl (C=O) groups excluding carboxylic acids is 1. The third-order valence-electron chi connectivity index (χ3n) is 5.35. The summed E-state index contributed by atoms with van der Waals surface area (Å²) >= 11 is 0. The van der Waals surface area contributed by atoms with Gasteiger partial charge in [0.05, 0.1) is 12.3 Å². The average Bonchev–Trinajstić information content (AvgIpc) is 2.84. The van der Waals surface area contributed by atoms with Gasteiger partial charge in [0.15, 0.2) is 17.2 Å². The van der Waals surface area contributed by atoms with Crippen LogP contribution in [0.2, 0.25) is 0 Å². The first kappa shape index (κ1) is 21.3. The number of amides is 1. The largest absolute Gasteiger partial charge is 0.503 e. The molecule has 1 heterocycles. The Morgan fingerprint density at radius 1 is 1.00 bits per heavy atom. The molecule has 3 N–H and O–H groups in total. The highest BCUT2D eigenvalue weighted by molar-refractivity contribution is 6.04. The number of rotatable bonds is 7. The summed E-state index contributed by atoms with van der Waals surface area (Å²) in [4.78, 5) is 24.1. The second kappa shape index (κ2) is 9.45. The maximum atomic E-state index is 12.7. The first-order chi connectivity index (χ1) is 15.6. The SMILES string of the molecule is O=Nc1cc(C2CC(=O)NC(c3ccccc3)=C2c2ccccc2)cc(OCCO)c1O. The predicted molar refractivity (Wildman–Crippen MR) is 121 cm³/mol. The minimum absolute atomic E-state index is 0.0332. The lowest BCUT2D eigenvalue weighted by atomic mass is 9.79. The van der Waals surface area contributed by atoms with Gasteiger partial charge in [0, 0.05) is 12.3 Å². The maximum absolute atomic E-state index is 12.7. The Kier molecular flexibility index (Phi) is 6.28. The van der Waals surface area contributed by atoms with E-state index in [9.17, 15) is 14.8 Å². The van der Waals surface area contributed by atoms with Gasteiger partial charge in [-0.2, -0.15) is 0 Å². The van der Waals surface area contributed by atoms with Crippen LogP contribution in [0.25, 0.3) is 11.3 Å². The average molecular weight is 430 g/mol. The van der Waals surface area contributed by atoms with E-state index in [4.69, 9.17) is 9.84 Å². The number of benzene rings is 3. The van der Waals surface area contributed by atoms with Crippen molar-refractivity contribution in [2.45, 2.75) is 12.3 Å². The Bertz CT molecular complexity index is 1160. The molecule has 162 valence electrons. The van der Waals surface area contributed by atoms with E-state index >= 15 is 0 Å². The molecule has 0 bridgehead atoms. The highest BCUT2D eigenvalue weighted by atomic mass is 16.5. The number of nitrogens with one attached hydrogen (secondary N) is 1. The Balaban J connectivity index is 1.94. The molecule has 1 aliphatic heterocycles. The van der Waals surface area contributed by atoms with Gasteiger partial charge in [-0.15, -0.1) is 4.91 Å². The molecule has 7 nitrogen and oxygen atoms in total. The summed E-state index contributed by atoms with van der Waals surface area (Å²) < 4.78 is 5.42. The lowest BCUT2D eigenvalue weighted by Crippen LogP contribution is -2.31. The third-order valence-corrected chi connectivity index (χ3v) is 5.35. The molecule has 4 rings (SSSR count). The lowest BCUT2D eigenvalue weighted by molar-refractivity contribution is -0.120. The van der Waals surface area contributed by atoms with Crippen molar-refractivity contribution in [1.29, 1.82) is 0 Å². The van der Waals surface area contributed by atoms with E-state index in [1.165, 1.54) is 6.07 Å². The molecule has 0 aliphatic carbocycles. The molecule has 1 amide bonds. The number of carbonyl (C=O) groups is 1. The number of phenols is 1. The Morgan fingerprint density at radius 3 is 2.28 bits per heavy atom. The molecule has 1 atom stereocenters. The van der Waals surface area contributed by atoms with Crippen LogP contribution in [0.1, 0.15) is 29.0 Å². The van der Waals surface area contributed by atoms with Crippen molar-refractivity contribution in [3.05, 3.63) is 94.4 Å². The summed E-state index contributed by atoms with van der Waals surface area (Å²) in [5.41, 5.74) is 3.76. The second-order valence-corrected chi connectivity index (χ2v) is 7.38. The van der Waals surface area contributed by atoms with Crippen LogP contribution >= 0.6 is 0 Å². The predicted octanol–water partition coefficient (Wildman–Crippen LogP) is 4.33. The van der Waals surface area contributed by atoms with Gasteiger partial charge >= 0.3 is 0 Å². The van der Waals surface area contributed by atoms with Gasteiger partial charge in [-0.3, -0.25) is 4.79 Å². The van der Waals surface area contributed by atoms with Crippen molar-refractivity contribution in [2.24, 2.45) is 5.18 Å².